The molecule has 6 nitrogen and oxygen atoms in total. The van der Waals surface area contributed by atoms with Gasteiger partial charge in [-0.1, -0.05) is 5.16 Å². The Kier molecular flexibility index (Phi) is 1.82. The molecule has 0 aliphatic rings. The summed E-state index contributed by atoms with van der Waals surface area (Å²) in [5.41, 5.74) is 6.13. The predicted molar refractivity (Wildman–Crippen MR) is 44.4 cm³/mol. The molecule has 13 heavy (non-hydrogen) atoms. The van der Waals surface area contributed by atoms with Gasteiger partial charge in [-0.05, 0) is 6.07 Å². The Morgan fingerprint density at radius 3 is 3.00 bits per heavy atom. The highest BCUT2D eigenvalue weighted by atomic mass is 16.5. The molecule has 0 atom stereocenters. The van der Waals surface area contributed by atoms with Gasteiger partial charge in [0, 0.05) is 13.2 Å². The molecule has 6 heteroatoms. The number of nitrogens with two attached hydrogens (primary N) is 1. The second-order valence-corrected chi connectivity index (χ2v) is 2.56. The molecular formula is C7H9N5O. The van der Waals surface area contributed by atoms with E-state index in [1.807, 2.05) is 7.05 Å². The van der Waals surface area contributed by atoms with E-state index in [4.69, 9.17) is 10.3 Å². The predicted octanol–water partition coefficient (Wildman–Crippen LogP) is -0.0712. The molecule has 0 saturated carbocycles. The fraction of sp³-hybridized carbons (Fsp3) is 0.286. The third-order valence-electron chi connectivity index (χ3n) is 1.69. The van der Waals surface area contributed by atoms with E-state index in [-0.39, 0.29) is 6.54 Å². The van der Waals surface area contributed by atoms with Crippen molar-refractivity contribution in [2.24, 2.45) is 12.8 Å². The molecule has 2 N–H and O–H groups in total. The second kappa shape index (κ2) is 2.98. The van der Waals surface area contributed by atoms with Crippen molar-refractivity contribution in [2.75, 3.05) is 0 Å². The normalized spacial score (nSPS) is 10.6. The first-order chi connectivity index (χ1) is 6.31. The van der Waals surface area contributed by atoms with Crippen molar-refractivity contribution < 1.29 is 4.52 Å². The van der Waals surface area contributed by atoms with Crippen molar-refractivity contribution in [1.82, 2.24) is 19.9 Å². The second-order valence-electron chi connectivity index (χ2n) is 2.56. The van der Waals surface area contributed by atoms with E-state index in [1.165, 1.54) is 0 Å². The Hall–Kier alpha value is -1.69. The summed E-state index contributed by atoms with van der Waals surface area (Å²) in [6.45, 7) is 0.279. The standard InChI is InChI=1S/C7H9N5O/c1-12-5(2-3-9-12)7-10-6(4-8)11-13-7/h2-3H,4,8H2,1H3. The molecule has 0 fully saturated rings. The summed E-state index contributed by atoms with van der Waals surface area (Å²) in [7, 11) is 1.81. The van der Waals surface area contributed by atoms with E-state index in [0.29, 0.717) is 11.7 Å². The van der Waals surface area contributed by atoms with Crippen LogP contribution in [0.3, 0.4) is 0 Å². The Labute approximate surface area is 74.4 Å². The first kappa shape index (κ1) is 7.93. The van der Waals surface area contributed by atoms with Crippen LogP contribution in [0.2, 0.25) is 0 Å². The van der Waals surface area contributed by atoms with Crippen LogP contribution in [0.15, 0.2) is 16.8 Å². The minimum Gasteiger partial charge on any atom is -0.332 e. The van der Waals surface area contributed by atoms with E-state index in [2.05, 4.69) is 15.2 Å². The maximum Gasteiger partial charge on any atom is 0.276 e. The van der Waals surface area contributed by atoms with Crippen molar-refractivity contribution in [3.8, 4) is 11.6 Å². The van der Waals surface area contributed by atoms with Crippen molar-refractivity contribution in [2.45, 2.75) is 6.54 Å². The van der Waals surface area contributed by atoms with Crippen LogP contribution >= 0.6 is 0 Å². The fourth-order valence-corrected chi connectivity index (χ4v) is 1.02. The Balaban J connectivity index is 2.41. The Bertz CT molecular complexity index is 404. The van der Waals surface area contributed by atoms with Crippen LogP contribution in [-0.2, 0) is 13.6 Å². The van der Waals surface area contributed by atoms with Gasteiger partial charge in [0.15, 0.2) is 5.82 Å². The number of aryl methyl sites for hydroxylation is 1. The Morgan fingerprint density at radius 1 is 1.62 bits per heavy atom. The molecule has 0 aliphatic heterocycles. The SMILES string of the molecule is Cn1nccc1-c1nc(CN)no1. The topological polar surface area (TPSA) is 82.8 Å². The quantitative estimate of drug-likeness (QED) is 0.697. The molecule has 2 rings (SSSR count). The van der Waals surface area contributed by atoms with Gasteiger partial charge < -0.3 is 10.3 Å². The molecule has 2 aromatic heterocycles. The van der Waals surface area contributed by atoms with Crippen LogP contribution in [0.25, 0.3) is 11.6 Å². The summed E-state index contributed by atoms with van der Waals surface area (Å²) in [6.07, 6.45) is 1.67. The van der Waals surface area contributed by atoms with Crippen LogP contribution in [0.1, 0.15) is 5.82 Å². The molecule has 0 unspecified atom stereocenters. The van der Waals surface area contributed by atoms with Crippen molar-refractivity contribution in [3.05, 3.63) is 18.1 Å². The van der Waals surface area contributed by atoms with Crippen LogP contribution in [0, 0.1) is 0 Å². The zero-order chi connectivity index (χ0) is 9.26. The number of aromatic nitrogens is 4. The fourth-order valence-electron chi connectivity index (χ4n) is 1.02. The summed E-state index contributed by atoms with van der Waals surface area (Å²) in [5.74, 6) is 0.941. The van der Waals surface area contributed by atoms with Crippen LogP contribution in [0.5, 0.6) is 0 Å². The lowest BCUT2D eigenvalue weighted by Crippen LogP contribution is -1.98. The average Bonchev–Trinajstić information content (AvgIpc) is 2.71. The summed E-state index contributed by atoms with van der Waals surface area (Å²) >= 11 is 0. The van der Waals surface area contributed by atoms with Crippen LogP contribution < -0.4 is 5.73 Å². The van der Waals surface area contributed by atoms with E-state index in [9.17, 15) is 0 Å². The number of nitrogens with zero attached hydrogens (tertiary/aromatic N) is 4. The zero-order valence-electron chi connectivity index (χ0n) is 7.14. The van der Waals surface area contributed by atoms with Crippen molar-refractivity contribution in [3.63, 3.8) is 0 Å². The Morgan fingerprint density at radius 2 is 2.46 bits per heavy atom. The van der Waals surface area contributed by atoms with E-state index in [1.54, 1.807) is 16.9 Å². The zero-order valence-corrected chi connectivity index (χ0v) is 7.14. The molecule has 0 aromatic carbocycles. The lowest BCUT2D eigenvalue weighted by atomic mass is 10.4. The van der Waals surface area contributed by atoms with Gasteiger partial charge in [0.2, 0.25) is 0 Å². The molecule has 2 heterocycles. The van der Waals surface area contributed by atoms with Gasteiger partial charge in [-0.15, -0.1) is 0 Å². The summed E-state index contributed by atoms with van der Waals surface area (Å²) in [6, 6.07) is 1.80. The monoisotopic (exact) mass is 179 g/mol. The summed E-state index contributed by atoms with van der Waals surface area (Å²) in [4.78, 5) is 4.07. The third kappa shape index (κ3) is 1.31. The van der Waals surface area contributed by atoms with Gasteiger partial charge in [-0.2, -0.15) is 10.1 Å². The minimum atomic E-state index is 0.279. The maximum absolute atomic E-state index is 5.35. The summed E-state index contributed by atoms with van der Waals surface area (Å²) < 4.78 is 6.64. The first-order valence-corrected chi connectivity index (χ1v) is 3.82. The van der Waals surface area contributed by atoms with Crippen molar-refractivity contribution in [1.29, 1.82) is 0 Å². The molecule has 0 aliphatic carbocycles. The molecule has 0 bridgehead atoms. The third-order valence-corrected chi connectivity index (χ3v) is 1.69. The molecule has 0 spiro atoms. The molecule has 0 saturated heterocycles. The number of hydrogen-bond donors (Lipinski definition) is 1. The smallest absolute Gasteiger partial charge is 0.276 e. The number of rotatable bonds is 2. The molecule has 2 aromatic rings. The highest BCUT2D eigenvalue weighted by Gasteiger charge is 2.10. The minimum absolute atomic E-state index is 0.279. The summed E-state index contributed by atoms with van der Waals surface area (Å²) in [5, 5.41) is 7.67. The van der Waals surface area contributed by atoms with Gasteiger partial charge in [0.05, 0.1) is 6.54 Å². The van der Waals surface area contributed by atoms with E-state index >= 15 is 0 Å². The van der Waals surface area contributed by atoms with Crippen LogP contribution in [0.4, 0.5) is 0 Å². The first-order valence-electron chi connectivity index (χ1n) is 3.82. The lowest BCUT2D eigenvalue weighted by molar-refractivity contribution is 0.419. The van der Waals surface area contributed by atoms with Crippen LogP contribution in [-0.4, -0.2) is 19.9 Å². The van der Waals surface area contributed by atoms with E-state index < -0.39 is 0 Å². The highest BCUT2D eigenvalue weighted by Crippen LogP contribution is 2.14. The average molecular weight is 179 g/mol. The van der Waals surface area contributed by atoms with Gasteiger partial charge in [0.25, 0.3) is 5.89 Å². The highest BCUT2D eigenvalue weighted by molar-refractivity contribution is 5.45. The largest absolute Gasteiger partial charge is 0.332 e. The van der Waals surface area contributed by atoms with Gasteiger partial charge in [-0.3, -0.25) is 4.68 Å². The molecular weight excluding hydrogens is 170 g/mol. The maximum atomic E-state index is 5.35. The van der Waals surface area contributed by atoms with Gasteiger partial charge >= 0.3 is 0 Å². The molecule has 0 amide bonds. The molecule has 68 valence electrons. The van der Waals surface area contributed by atoms with E-state index in [0.717, 1.165) is 5.69 Å². The number of hydrogen-bond acceptors (Lipinski definition) is 5. The van der Waals surface area contributed by atoms with Gasteiger partial charge in [0.1, 0.15) is 5.69 Å². The lowest BCUT2D eigenvalue weighted by Gasteiger charge is -1.92. The van der Waals surface area contributed by atoms with Gasteiger partial charge in [-0.25, -0.2) is 0 Å². The van der Waals surface area contributed by atoms with Crippen molar-refractivity contribution >= 4 is 0 Å². The molecule has 0 radical (unpaired) electrons.